The lowest BCUT2D eigenvalue weighted by Gasteiger charge is -2.27. The minimum Gasteiger partial charge on any atom is -0.478 e. The van der Waals surface area contributed by atoms with Gasteiger partial charge in [-0.05, 0) is 26.0 Å². The molecule has 0 aliphatic carbocycles. The number of anilines is 1. The zero-order chi connectivity index (χ0) is 12.2. The molecule has 1 rings (SSSR count). The van der Waals surface area contributed by atoms with Crippen LogP contribution in [0.15, 0.2) is 24.3 Å². The summed E-state index contributed by atoms with van der Waals surface area (Å²) in [6.07, 6.45) is 0. The Morgan fingerprint density at radius 3 is 2.62 bits per heavy atom. The highest BCUT2D eigenvalue weighted by molar-refractivity contribution is 5.94. The number of rotatable bonds is 5. The summed E-state index contributed by atoms with van der Waals surface area (Å²) < 4.78 is 5.07. The van der Waals surface area contributed by atoms with Crippen molar-refractivity contribution in [3.63, 3.8) is 0 Å². The molecule has 16 heavy (non-hydrogen) atoms. The lowest BCUT2D eigenvalue weighted by molar-refractivity contribution is 0.0697. The maximum absolute atomic E-state index is 11.0. The van der Waals surface area contributed by atoms with Gasteiger partial charge in [-0.2, -0.15) is 0 Å². The number of ether oxygens (including phenoxy) is 1. The molecule has 2 N–H and O–H groups in total. The van der Waals surface area contributed by atoms with Crippen LogP contribution in [0.1, 0.15) is 24.2 Å². The maximum Gasteiger partial charge on any atom is 0.337 e. The fourth-order valence-electron chi connectivity index (χ4n) is 1.54. The summed E-state index contributed by atoms with van der Waals surface area (Å²) >= 11 is 0. The smallest absolute Gasteiger partial charge is 0.337 e. The number of carboxylic acid groups (broad SMARTS) is 1. The van der Waals surface area contributed by atoms with Crippen molar-refractivity contribution >= 4 is 11.7 Å². The quantitative estimate of drug-likeness (QED) is 0.803. The Labute approximate surface area is 95.2 Å². The van der Waals surface area contributed by atoms with Crippen LogP contribution in [0.2, 0.25) is 0 Å². The molecule has 0 heterocycles. The zero-order valence-electron chi connectivity index (χ0n) is 9.78. The number of aromatic carboxylic acids is 1. The molecule has 4 heteroatoms. The predicted molar refractivity (Wildman–Crippen MR) is 63.0 cm³/mol. The molecule has 1 aromatic rings. The minimum atomic E-state index is -0.934. The number of carbonyl (C=O) groups is 1. The van der Waals surface area contributed by atoms with Crippen molar-refractivity contribution in [1.29, 1.82) is 0 Å². The summed E-state index contributed by atoms with van der Waals surface area (Å²) in [6.45, 7) is 4.41. The van der Waals surface area contributed by atoms with Crippen LogP contribution in [0.3, 0.4) is 0 Å². The molecule has 0 spiro atoms. The van der Waals surface area contributed by atoms with Gasteiger partial charge in [0, 0.05) is 12.8 Å². The summed E-state index contributed by atoms with van der Waals surface area (Å²) in [5, 5.41) is 12.2. The van der Waals surface area contributed by atoms with Gasteiger partial charge in [0.2, 0.25) is 0 Å². The fraction of sp³-hybridized carbons (Fsp3) is 0.417. The lowest BCUT2D eigenvalue weighted by atomic mass is 10.0. The third-order valence-electron chi connectivity index (χ3n) is 2.14. The SMILES string of the molecule is COCC(C)(C)Nc1ccccc1C(=O)O. The molecule has 0 fully saturated rings. The second-order valence-electron chi connectivity index (χ2n) is 4.29. The first kappa shape index (κ1) is 12.5. The third kappa shape index (κ3) is 3.24. The summed E-state index contributed by atoms with van der Waals surface area (Å²) in [6, 6.07) is 6.84. The number of para-hydroxylation sites is 1. The number of hydrogen-bond acceptors (Lipinski definition) is 3. The van der Waals surface area contributed by atoms with E-state index in [-0.39, 0.29) is 11.1 Å². The first-order chi connectivity index (χ1) is 7.46. The normalized spacial score (nSPS) is 11.2. The van der Waals surface area contributed by atoms with Gasteiger partial charge in [-0.15, -0.1) is 0 Å². The Bertz CT molecular complexity index is 374. The van der Waals surface area contributed by atoms with E-state index in [4.69, 9.17) is 9.84 Å². The standard InChI is InChI=1S/C12H17NO3/c1-12(2,8-16-3)13-10-7-5-4-6-9(10)11(14)15/h4-7,13H,8H2,1-3H3,(H,14,15). The second kappa shape index (κ2) is 4.99. The Morgan fingerprint density at radius 1 is 1.44 bits per heavy atom. The average molecular weight is 223 g/mol. The first-order valence-corrected chi connectivity index (χ1v) is 5.06. The van der Waals surface area contributed by atoms with Crippen molar-refractivity contribution in [3.05, 3.63) is 29.8 Å². The average Bonchev–Trinajstić information content (AvgIpc) is 2.17. The van der Waals surface area contributed by atoms with Gasteiger partial charge in [0.1, 0.15) is 0 Å². The molecule has 0 atom stereocenters. The highest BCUT2D eigenvalue weighted by Gasteiger charge is 2.19. The van der Waals surface area contributed by atoms with Crippen molar-refractivity contribution in [1.82, 2.24) is 0 Å². The second-order valence-corrected chi connectivity index (χ2v) is 4.29. The largest absolute Gasteiger partial charge is 0.478 e. The van der Waals surface area contributed by atoms with Crippen molar-refractivity contribution in [2.75, 3.05) is 19.0 Å². The van der Waals surface area contributed by atoms with E-state index < -0.39 is 5.97 Å². The van der Waals surface area contributed by atoms with Crippen LogP contribution in [-0.2, 0) is 4.74 Å². The number of methoxy groups -OCH3 is 1. The van der Waals surface area contributed by atoms with E-state index in [1.54, 1.807) is 31.4 Å². The van der Waals surface area contributed by atoms with E-state index in [0.717, 1.165) is 0 Å². The Kier molecular flexibility index (Phi) is 3.90. The summed E-state index contributed by atoms with van der Waals surface area (Å²) in [7, 11) is 1.62. The van der Waals surface area contributed by atoms with Crippen LogP contribution in [0.25, 0.3) is 0 Å². The molecule has 0 aliphatic heterocycles. The van der Waals surface area contributed by atoms with E-state index >= 15 is 0 Å². The Balaban J connectivity index is 2.92. The van der Waals surface area contributed by atoms with E-state index in [1.165, 1.54) is 0 Å². The molecule has 0 radical (unpaired) electrons. The van der Waals surface area contributed by atoms with Gasteiger partial charge in [-0.25, -0.2) is 4.79 Å². The molecule has 0 bridgehead atoms. The summed E-state index contributed by atoms with van der Waals surface area (Å²) in [5.74, 6) is -0.934. The molecule has 0 aromatic heterocycles. The van der Waals surface area contributed by atoms with Gasteiger partial charge >= 0.3 is 5.97 Å². The highest BCUT2D eigenvalue weighted by atomic mass is 16.5. The van der Waals surface area contributed by atoms with Crippen LogP contribution >= 0.6 is 0 Å². The molecule has 0 unspecified atom stereocenters. The van der Waals surface area contributed by atoms with Crippen molar-refractivity contribution < 1.29 is 14.6 Å². The molecular weight excluding hydrogens is 206 g/mol. The highest BCUT2D eigenvalue weighted by Crippen LogP contribution is 2.20. The third-order valence-corrected chi connectivity index (χ3v) is 2.14. The topological polar surface area (TPSA) is 58.6 Å². The number of nitrogens with one attached hydrogen (secondary N) is 1. The molecule has 0 saturated heterocycles. The van der Waals surface area contributed by atoms with E-state index in [9.17, 15) is 4.79 Å². The van der Waals surface area contributed by atoms with Crippen LogP contribution < -0.4 is 5.32 Å². The van der Waals surface area contributed by atoms with Gasteiger partial charge in [-0.1, -0.05) is 12.1 Å². The van der Waals surface area contributed by atoms with Crippen LogP contribution in [0.5, 0.6) is 0 Å². The Hall–Kier alpha value is -1.55. The zero-order valence-corrected chi connectivity index (χ0v) is 9.78. The van der Waals surface area contributed by atoms with E-state index in [0.29, 0.717) is 12.3 Å². The van der Waals surface area contributed by atoms with Crippen molar-refractivity contribution in [2.45, 2.75) is 19.4 Å². The molecule has 88 valence electrons. The van der Waals surface area contributed by atoms with E-state index in [2.05, 4.69) is 5.32 Å². The first-order valence-electron chi connectivity index (χ1n) is 5.06. The predicted octanol–water partition coefficient (Wildman–Crippen LogP) is 2.22. The number of carboxylic acids is 1. The summed E-state index contributed by atoms with van der Waals surface area (Å²) in [5.41, 5.74) is 0.573. The number of hydrogen-bond donors (Lipinski definition) is 2. The molecule has 0 aliphatic rings. The van der Waals surface area contributed by atoms with Gasteiger partial charge in [0.05, 0.1) is 17.7 Å². The van der Waals surface area contributed by atoms with Crippen LogP contribution in [0.4, 0.5) is 5.69 Å². The molecule has 0 saturated carbocycles. The van der Waals surface area contributed by atoms with Crippen molar-refractivity contribution in [2.24, 2.45) is 0 Å². The molecule has 0 amide bonds. The molecule has 1 aromatic carbocycles. The van der Waals surface area contributed by atoms with E-state index in [1.807, 2.05) is 13.8 Å². The van der Waals surface area contributed by atoms with Crippen LogP contribution in [-0.4, -0.2) is 30.3 Å². The van der Waals surface area contributed by atoms with Gasteiger partial charge < -0.3 is 15.2 Å². The Morgan fingerprint density at radius 2 is 2.06 bits per heavy atom. The van der Waals surface area contributed by atoms with Gasteiger partial charge in [0.25, 0.3) is 0 Å². The monoisotopic (exact) mass is 223 g/mol. The van der Waals surface area contributed by atoms with Gasteiger partial charge in [-0.3, -0.25) is 0 Å². The fourth-order valence-corrected chi connectivity index (χ4v) is 1.54. The molecule has 4 nitrogen and oxygen atoms in total. The molecular formula is C12H17NO3. The maximum atomic E-state index is 11.0. The van der Waals surface area contributed by atoms with Crippen molar-refractivity contribution in [3.8, 4) is 0 Å². The van der Waals surface area contributed by atoms with Gasteiger partial charge in [0.15, 0.2) is 0 Å². The lowest BCUT2D eigenvalue weighted by Crippen LogP contribution is -2.36. The number of benzene rings is 1. The minimum absolute atomic E-state index is 0.270. The van der Waals surface area contributed by atoms with Crippen LogP contribution in [0, 0.1) is 0 Å². The summed E-state index contributed by atoms with van der Waals surface area (Å²) in [4.78, 5) is 11.0.